The molecule has 1 atom stereocenters. The molecule has 5 nitrogen and oxygen atoms in total. The zero-order valence-electron chi connectivity index (χ0n) is 14.8. The van der Waals surface area contributed by atoms with Gasteiger partial charge in [0.1, 0.15) is 0 Å². The second-order valence-corrected chi connectivity index (χ2v) is 6.91. The Kier molecular flexibility index (Phi) is 6.31. The summed E-state index contributed by atoms with van der Waals surface area (Å²) in [5.41, 5.74) is 4.62. The van der Waals surface area contributed by atoms with Gasteiger partial charge in [0.15, 0.2) is 0 Å². The van der Waals surface area contributed by atoms with Crippen molar-refractivity contribution in [1.29, 1.82) is 0 Å². The van der Waals surface area contributed by atoms with Crippen LogP contribution in [0.25, 0.3) is 0 Å². The van der Waals surface area contributed by atoms with Crippen LogP contribution in [0, 0.1) is 18.8 Å². The summed E-state index contributed by atoms with van der Waals surface area (Å²) in [6.45, 7) is 2.02. The van der Waals surface area contributed by atoms with Crippen LogP contribution in [-0.2, 0) is 6.42 Å². The fraction of sp³-hybridized carbons (Fsp3) is 0.190. The first-order valence-corrected chi connectivity index (χ1v) is 9.37. The summed E-state index contributed by atoms with van der Waals surface area (Å²) in [6.07, 6.45) is 3.05. The van der Waals surface area contributed by atoms with E-state index >= 15 is 0 Å². The highest BCUT2D eigenvalue weighted by Crippen LogP contribution is 2.09. The third kappa shape index (κ3) is 5.48. The van der Waals surface area contributed by atoms with Crippen molar-refractivity contribution in [2.45, 2.75) is 19.4 Å². The lowest BCUT2D eigenvalue weighted by Crippen LogP contribution is -2.33. The Morgan fingerprint density at radius 3 is 2.81 bits per heavy atom. The Bertz CT molecular complexity index is 960. The summed E-state index contributed by atoms with van der Waals surface area (Å²) >= 11 is 1.46. The third-order valence-electron chi connectivity index (χ3n) is 3.91. The minimum absolute atomic E-state index is 0.170. The molecule has 3 aromatic rings. The molecule has 0 aliphatic carbocycles. The number of carbonyl (C=O) groups excluding carboxylic acids is 1. The minimum Gasteiger partial charge on any atom is -0.391 e. The van der Waals surface area contributed by atoms with Crippen molar-refractivity contribution in [3.05, 3.63) is 81.6 Å². The average molecular weight is 377 g/mol. The van der Waals surface area contributed by atoms with Crippen LogP contribution in [0.4, 0.5) is 0 Å². The SMILES string of the molecule is Cc1ncc(C(=O)NC[C@@H](O)Cc2ccccc2)cc1C#Cc1cncs1. The monoisotopic (exact) mass is 377 g/mol. The number of carbonyl (C=O) groups is 1. The number of nitrogens with one attached hydrogen (secondary N) is 1. The van der Waals surface area contributed by atoms with Crippen molar-refractivity contribution < 1.29 is 9.90 Å². The molecule has 0 bridgehead atoms. The standard InChI is InChI=1S/C21H19N3O2S/c1-15-17(7-8-20-13-22-14-27-20)10-18(11-23-15)21(26)24-12-19(25)9-16-5-3-2-4-6-16/h2-6,10-11,13-14,19,25H,9,12H2,1H3,(H,24,26)/t19-/m0/s1. The highest BCUT2D eigenvalue weighted by molar-refractivity contribution is 7.10. The van der Waals surface area contributed by atoms with E-state index in [1.165, 1.54) is 17.5 Å². The Morgan fingerprint density at radius 1 is 1.26 bits per heavy atom. The Morgan fingerprint density at radius 2 is 2.07 bits per heavy atom. The normalized spacial score (nSPS) is 11.3. The smallest absolute Gasteiger partial charge is 0.252 e. The molecule has 0 saturated heterocycles. The number of aryl methyl sites for hydroxylation is 1. The Balaban J connectivity index is 1.62. The number of amides is 1. The van der Waals surface area contributed by atoms with Gasteiger partial charge in [0, 0.05) is 24.7 Å². The van der Waals surface area contributed by atoms with Crippen LogP contribution in [0.2, 0.25) is 0 Å². The maximum atomic E-state index is 12.4. The summed E-state index contributed by atoms with van der Waals surface area (Å²) in [5, 5.41) is 12.9. The largest absolute Gasteiger partial charge is 0.391 e. The molecule has 0 saturated carbocycles. The minimum atomic E-state index is -0.652. The molecule has 0 radical (unpaired) electrons. The van der Waals surface area contributed by atoms with Crippen LogP contribution in [-0.4, -0.2) is 33.6 Å². The zero-order chi connectivity index (χ0) is 19.1. The fourth-order valence-corrected chi connectivity index (χ4v) is 2.93. The Hall–Kier alpha value is -3.01. The van der Waals surface area contributed by atoms with Crippen molar-refractivity contribution in [1.82, 2.24) is 15.3 Å². The van der Waals surface area contributed by atoms with Gasteiger partial charge in [-0.15, -0.1) is 11.3 Å². The number of aliphatic hydroxyl groups excluding tert-OH is 1. The molecular formula is C21H19N3O2S. The van der Waals surface area contributed by atoms with Crippen LogP contribution in [0.15, 0.2) is 54.3 Å². The second-order valence-electron chi connectivity index (χ2n) is 6.03. The molecule has 0 spiro atoms. The van der Waals surface area contributed by atoms with E-state index in [-0.39, 0.29) is 12.5 Å². The van der Waals surface area contributed by atoms with Crippen molar-refractivity contribution in [3.8, 4) is 11.8 Å². The van der Waals surface area contributed by atoms with Gasteiger partial charge < -0.3 is 10.4 Å². The predicted octanol–water partition coefficient (Wildman–Crippen LogP) is 2.58. The number of benzene rings is 1. The summed E-state index contributed by atoms with van der Waals surface area (Å²) in [7, 11) is 0. The number of hydrogen-bond donors (Lipinski definition) is 2. The topological polar surface area (TPSA) is 75.1 Å². The van der Waals surface area contributed by atoms with Gasteiger partial charge in [-0.3, -0.25) is 14.8 Å². The number of rotatable bonds is 5. The maximum Gasteiger partial charge on any atom is 0.252 e. The molecule has 0 fully saturated rings. The van der Waals surface area contributed by atoms with E-state index in [4.69, 9.17) is 0 Å². The summed E-state index contributed by atoms with van der Waals surface area (Å²) in [6, 6.07) is 11.4. The van der Waals surface area contributed by atoms with Gasteiger partial charge in [0.05, 0.1) is 33.9 Å². The lowest BCUT2D eigenvalue weighted by molar-refractivity contribution is 0.0915. The molecule has 2 N–H and O–H groups in total. The molecule has 0 aliphatic heterocycles. The molecule has 3 rings (SSSR count). The van der Waals surface area contributed by atoms with E-state index in [0.717, 1.165) is 16.1 Å². The highest BCUT2D eigenvalue weighted by atomic mass is 32.1. The fourth-order valence-electron chi connectivity index (χ4n) is 2.46. The molecule has 1 aromatic carbocycles. The van der Waals surface area contributed by atoms with Gasteiger partial charge >= 0.3 is 0 Å². The van der Waals surface area contributed by atoms with Gasteiger partial charge in [-0.1, -0.05) is 36.3 Å². The summed E-state index contributed by atoms with van der Waals surface area (Å²) in [4.78, 5) is 21.5. The number of aliphatic hydroxyl groups is 1. The number of nitrogens with zero attached hydrogens (tertiary/aromatic N) is 2. The molecule has 6 heteroatoms. The zero-order valence-corrected chi connectivity index (χ0v) is 15.7. The van der Waals surface area contributed by atoms with Crippen LogP contribution in [0.3, 0.4) is 0 Å². The van der Waals surface area contributed by atoms with Gasteiger partial charge in [-0.2, -0.15) is 0 Å². The molecule has 1 amide bonds. The second kappa shape index (κ2) is 9.08. The van der Waals surface area contributed by atoms with Gasteiger partial charge in [-0.05, 0) is 24.5 Å². The first kappa shape index (κ1) is 18.8. The molecule has 2 aromatic heterocycles. The highest BCUT2D eigenvalue weighted by Gasteiger charge is 2.11. The van der Waals surface area contributed by atoms with Crippen LogP contribution in [0.1, 0.15) is 32.1 Å². The molecule has 27 heavy (non-hydrogen) atoms. The average Bonchev–Trinajstić information content (AvgIpc) is 3.20. The molecule has 0 aliphatic rings. The first-order chi connectivity index (χ1) is 13.1. The lowest BCUT2D eigenvalue weighted by atomic mass is 10.1. The van der Waals surface area contributed by atoms with Crippen molar-refractivity contribution in [3.63, 3.8) is 0 Å². The first-order valence-electron chi connectivity index (χ1n) is 8.49. The maximum absolute atomic E-state index is 12.4. The van der Waals surface area contributed by atoms with E-state index in [1.807, 2.05) is 37.3 Å². The van der Waals surface area contributed by atoms with E-state index in [9.17, 15) is 9.90 Å². The third-order valence-corrected chi connectivity index (χ3v) is 4.60. The molecule has 136 valence electrons. The number of pyridine rings is 1. The van der Waals surface area contributed by atoms with Gasteiger partial charge in [0.2, 0.25) is 0 Å². The van der Waals surface area contributed by atoms with E-state index < -0.39 is 6.10 Å². The molecule has 2 heterocycles. The van der Waals surface area contributed by atoms with Gasteiger partial charge in [0.25, 0.3) is 5.91 Å². The van der Waals surface area contributed by atoms with Crippen molar-refractivity contribution in [2.24, 2.45) is 0 Å². The molecular weight excluding hydrogens is 358 g/mol. The Labute approximate surface area is 162 Å². The summed E-state index contributed by atoms with van der Waals surface area (Å²) < 4.78 is 0. The van der Waals surface area contributed by atoms with Crippen LogP contribution in [0.5, 0.6) is 0 Å². The number of aromatic nitrogens is 2. The van der Waals surface area contributed by atoms with E-state index in [0.29, 0.717) is 17.5 Å². The summed E-state index contributed by atoms with van der Waals surface area (Å²) in [5.74, 6) is 5.77. The number of hydrogen-bond acceptors (Lipinski definition) is 5. The van der Waals surface area contributed by atoms with E-state index in [1.54, 1.807) is 17.8 Å². The predicted molar refractivity (Wildman–Crippen MR) is 106 cm³/mol. The van der Waals surface area contributed by atoms with Crippen LogP contribution < -0.4 is 5.32 Å². The van der Waals surface area contributed by atoms with Crippen molar-refractivity contribution >= 4 is 17.2 Å². The quantitative estimate of drug-likeness (QED) is 0.670. The van der Waals surface area contributed by atoms with Crippen molar-refractivity contribution in [2.75, 3.05) is 6.54 Å². The lowest BCUT2D eigenvalue weighted by Gasteiger charge is -2.12. The molecule has 0 unspecified atom stereocenters. The number of thiazole rings is 1. The van der Waals surface area contributed by atoms with E-state index in [2.05, 4.69) is 27.1 Å². The van der Waals surface area contributed by atoms with Crippen LogP contribution >= 0.6 is 11.3 Å². The van der Waals surface area contributed by atoms with Gasteiger partial charge in [-0.25, -0.2) is 0 Å².